The fourth-order valence-corrected chi connectivity index (χ4v) is 3.57. The summed E-state index contributed by atoms with van der Waals surface area (Å²) in [6.45, 7) is 6.96. The highest BCUT2D eigenvalue weighted by Gasteiger charge is 2.25. The minimum atomic E-state index is -0.457. The largest absolute Gasteiger partial charge is 0.467 e. The predicted molar refractivity (Wildman–Crippen MR) is 97.0 cm³/mol. The third-order valence-corrected chi connectivity index (χ3v) is 5.14. The van der Waals surface area contributed by atoms with Crippen molar-refractivity contribution in [1.29, 1.82) is 0 Å². The minimum absolute atomic E-state index is 0.116. The molecule has 2 aromatic heterocycles. The Labute approximate surface area is 153 Å². The van der Waals surface area contributed by atoms with Gasteiger partial charge in [-0.05, 0) is 58.2 Å². The molecular weight excluding hydrogens is 332 g/mol. The molecule has 6 heteroatoms. The molecule has 26 heavy (non-hydrogen) atoms. The van der Waals surface area contributed by atoms with E-state index in [1.807, 2.05) is 42.4 Å². The fourth-order valence-electron chi connectivity index (χ4n) is 3.57. The lowest BCUT2D eigenvalue weighted by molar-refractivity contribution is -0.137. The Balaban J connectivity index is 1.63. The molecule has 140 valence electrons. The van der Waals surface area contributed by atoms with Gasteiger partial charge in [-0.3, -0.25) is 4.79 Å². The van der Waals surface area contributed by atoms with Gasteiger partial charge in [0.15, 0.2) is 6.61 Å². The molecule has 3 heterocycles. The van der Waals surface area contributed by atoms with E-state index in [0.717, 1.165) is 43.0 Å². The van der Waals surface area contributed by atoms with Crippen molar-refractivity contribution in [2.24, 2.45) is 0 Å². The zero-order valence-corrected chi connectivity index (χ0v) is 15.7. The molecule has 1 aliphatic heterocycles. The summed E-state index contributed by atoms with van der Waals surface area (Å²) in [4.78, 5) is 26.6. The van der Waals surface area contributed by atoms with Gasteiger partial charge in [0.2, 0.25) is 0 Å². The van der Waals surface area contributed by atoms with Crippen molar-refractivity contribution in [2.75, 3.05) is 13.2 Å². The summed E-state index contributed by atoms with van der Waals surface area (Å²) in [5.41, 5.74) is 2.25. The lowest BCUT2D eigenvalue weighted by Gasteiger charge is -2.33. The van der Waals surface area contributed by atoms with Crippen molar-refractivity contribution in [1.82, 2.24) is 9.47 Å². The highest BCUT2D eigenvalue weighted by molar-refractivity contribution is 5.92. The molecule has 0 aliphatic carbocycles. The summed E-state index contributed by atoms with van der Waals surface area (Å²) in [5, 5.41) is 0. The smallest absolute Gasteiger partial charge is 0.340 e. The number of ether oxygens (including phenoxy) is 1. The third-order valence-electron chi connectivity index (χ3n) is 5.14. The highest BCUT2D eigenvalue weighted by atomic mass is 16.5. The maximum Gasteiger partial charge on any atom is 0.340 e. The second-order valence-electron chi connectivity index (χ2n) is 6.96. The van der Waals surface area contributed by atoms with Crippen molar-refractivity contribution < 1.29 is 18.7 Å². The molecular formula is C20H26N2O4. The van der Waals surface area contributed by atoms with Crippen LogP contribution in [0.2, 0.25) is 0 Å². The fraction of sp³-hybridized carbons (Fsp3) is 0.500. The van der Waals surface area contributed by atoms with Crippen LogP contribution in [0.3, 0.4) is 0 Å². The van der Waals surface area contributed by atoms with Gasteiger partial charge in [0.05, 0.1) is 18.4 Å². The number of aryl methyl sites for hydroxylation is 1. The Kier molecular flexibility index (Phi) is 5.49. The zero-order valence-electron chi connectivity index (χ0n) is 15.7. The van der Waals surface area contributed by atoms with Crippen molar-refractivity contribution in [2.45, 2.75) is 52.6 Å². The Morgan fingerprint density at radius 3 is 2.81 bits per heavy atom. The first-order chi connectivity index (χ1) is 12.5. The lowest BCUT2D eigenvalue weighted by Crippen LogP contribution is -2.44. The van der Waals surface area contributed by atoms with Crippen LogP contribution < -0.4 is 0 Å². The first-order valence-electron chi connectivity index (χ1n) is 9.13. The number of hydrogen-bond acceptors (Lipinski definition) is 4. The molecule has 6 nitrogen and oxygen atoms in total. The number of furan rings is 1. The molecule has 1 atom stereocenters. The molecule has 3 rings (SSSR count). The molecule has 0 bridgehead atoms. The van der Waals surface area contributed by atoms with Crippen molar-refractivity contribution in [3.63, 3.8) is 0 Å². The summed E-state index contributed by atoms with van der Waals surface area (Å²) in [5.74, 6) is 0.248. The molecule has 2 aromatic rings. The second-order valence-corrected chi connectivity index (χ2v) is 6.96. The van der Waals surface area contributed by atoms with E-state index in [0.29, 0.717) is 12.1 Å². The topological polar surface area (TPSA) is 64.7 Å². The molecule has 1 amide bonds. The summed E-state index contributed by atoms with van der Waals surface area (Å²) in [7, 11) is 0. The van der Waals surface area contributed by atoms with E-state index in [1.165, 1.54) is 0 Å². The first-order valence-corrected chi connectivity index (χ1v) is 9.13. The third kappa shape index (κ3) is 3.84. The number of esters is 1. The van der Waals surface area contributed by atoms with Gasteiger partial charge in [-0.2, -0.15) is 0 Å². The van der Waals surface area contributed by atoms with Crippen LogP contribution in [0.15, 0.2) is 28.9 Å². The zero-order chi connectivity index (χ0) is 18.7. The van der Waals surface area contributed by atoms with Crippen LogP contribution in [0, 0.1) is 13.8 Å². The number of carbonyl (C=O) groups excluding carboxylic acids is 2. The van der Waals surface area contributed by atoms with Gasteiger partial charge < -0.3 is 18.6 Å². The number of piperidine rings is 1. The van der Waals surface area contributed by atoms with Crippen LogP contribution >= 0.6 is 0 Å². The molecule has 0 N–H and O–H groups in total. The number of amides is 1. The second kappa shape index (κ2) is 7.81. The summed E-state index contributed by atoms with van der Waals surface area (Å²) >= 11 is 0. The Bertz CT molecular complexity index is 776. The van der Waals surface area contributed by atoms with E-state index < -0.39 is 5.97 Å². The van der Waals surface area contributed by atoms with Crippen molar-refractivity contribution in [3.05, 3.63) is 47.2 Å². The minimum Gasteiger partial charge on any atom is -0.467 e. The number of rotatable bonds is 5. The molecule has 1 saturated heterocycles. The van der Waals surface area contributed by atoms with Gasteiger partial charge >= 0.3 is 5.97 Å². The number of likely N-dealkylation sites (tertiary alicyclic amines) is 1. The van der Waals surface area contributed by atoms with E-state index in [-0.39, 0.29) is 18.6 Å². The van der Waals surface area contributed by atoms with Crippen LogP contribution in [-0.4, -0.2) is 40.5 Å². The lowest BCUT2D eigenvalue weighted by atomic mass is 10.0. The van der Waals surface area contributed by atoms with Gasteiger partial charge in [0, 0.05) is 24.0 Å². The van der Waals surface area contributed by atoms with E-state index in [2.05, 4.69) is 0 Å². The number of hydrogen-bond donors (Lipinski definition) is 0. The number of nitrogens with zero attached hydrogens (tertiary/aromatic N) is 2. The van der Waals surface area contributed by atoms with Gasteiger partial charge in [-0.15, -0.1) is 0 Å². The van der Waals surface area contributed by atoms with Crippen LogP contribution in [0.25, 0.3) is 0 Å². The monoisotopic (exact) mass is 358 g/mol. The average molecular weight is 358 g/mol. The quantitative estimate of drug-likeness (QED) is 0.769. The Morgan fingerprint density at radius 1 is 1.31 bits per heavy atom. The summed E-state index contributed by atoms with van der Waals surface area (Å²) < 4.78 is 12.7. The van der Waals surface area contributed by atoms with Gasteiger partial charge in [-0.25, -0.2) is 4.79 Å². The van der Waals surface area contributed by atoms with Crippen LogP contribution in [0.5, 0.6) is 0 Å². The standard InChI is InChI=1S/C20H26N2O4/c1-14-7-4-5-9-21(14)19(23)13-26-20(24)18-11-15(2)22(16(18)3)12-17-8-6-10-25-17/h6,8,10-11,14H,4-5,7,9,12-13H2,1-3H3. The van der Waals surface area contributed by atoms with E-state index in [4.69, 9.17) is 9.15 Å². The maximum absolute atomic E-state index is 12.5. The number of carbonyl (C=O) groups is 2. The SMILES string of the molecule is Cc1cc(C(=O)OCC(=O)N2CCCCC2C)c(C)n1Cc1ccco1. The summed E-state index contributed by atoms with van der Waals surface area (Å²) in [6.07, 6.45) is 4.80. The first kappa shape index (κ1) is 18.3. The number of aromatic nitrogens is 1. The van der Waals surface area contributed by atoms with Crippen LogP contribution in [0.4, 0.5) is 0 Å². The highest BCUT2D eigenvalue weighted by Crippen LogP contribution is 2.19. The molecule has 0 saturated carbocycles. The molecule has 0 radical (unpaired) electrons. The van der Waals surface area contributed by atoms with Crippen molar-refractivity contribution >= 4 is 11.9 Å². The van der Waals surface area contributed by atoms with E-state index >= 15 is 0 Å². The van der Waals surface area contributed by atoms with Crippen LogP contribution in [0.1, 0.15) is 53.7 Å². The molecule has 0 spiro atoms. The van der Waals surface area contributed by atoms with Gasteiger partial charge in [-0.1, -0.05) is 0 Å². The predicted octanol–water partition coefficient (Wildman–Crippen LogP) is 3.30. The molecule has 1 aliphatic rings. The molecule has 1 unspecified atom stereocenters. The summed E-state index contributed by atoms with van der Waals surface area (Å²) in [6, 6.07) is 5.75. The van der Waals surface area contributed by atoms with E-state index in [9.17, 15) is 9.59 Å². The normalized spacial score (nSPS) is 17.3. The van der Waals surface area contributed by atoms with Crippen molar-refractivity contribution in [3.8, 4) is 0 Å². The van der Waals surface area contributed by atoms with Gasteiger partial charge in [0.1, 0.15) is 5.76 Å². The Hall–Kier alpha value is -2.50. The maximum atomic E-state index is 12.5. The average Bonchev–Trinajstić information content (AvgIpc) is 3.23. The molecule has 1 fully saturated rings. The molecule has 0 aromatic carbocycles. The van der Waals surface area contributed by atoms with Gasteiger partial charge in [0.25, 0.3) is 5.91 Å². The van der Waals surface area contributed by atoms with Crippen LogP contribution in [-0.2, 0) is 16.1 Å². The van der Waals surface area contributed by atoms with E-state index in [1.54, 1.807) is 12.3 Å². The Morgan fingerprint density at radius 2 is 2.12 bits per heavy atom.